The lowest BCUT2D eigenvalue weighted by Crippen LogP contribution is -2.56. The minimum Gasteiger partial charge on any atom is -0.455 e. The standard InChI is InChI=1S/C26H34F3N3O3/c1-16(25-11-17-8-18(12-25)10-19(9-17)13-25)31-23(33)15-35-24(34)20-4-6-32(7-5-20)22-3-2-21(14-30-22)26(27,28)29/h2-3,14,16-20H,4-13,15H2,1H3,(H,31,33). The summed E-state index contributed by atoms with van der Waals surface area (Å²) in [7, 11) is 0. The van der Waals surface area contributed by atoms with E-state index in [1.807, 2.05) is 4.90 Å². The molecule has 6 rings (SSSR count). The summed E-state index contributed by atoms with van der Waals surface area (Å²) in [4.78, 5) is 30.9. The van der Waals surface area contributed by atoms with Crippen LogP contribution in [0.25, 0.3) is 0 Å². The number of anilines is 1. The van der Waals surface area contributed by atoms with Crippen LogP contribution in [-0.2, 0) is 20.5 Å². The van der Waals surface area contributed by atoms with Crippen molar-refractivity contribution >= 4 is 17.7 Å². The fraction of sp³-hybridized carbons (Fsp3) is 0.731. The molecular weight excluding hydrogens is 459 g/mol. The van der Waals surface area contributed by atoms with Crippen LogP contribution in [0.1, 0.15) is 63.9 Å². The molecule has 1 aromatic heterocycles. The van der Waals surface area contributed by atoms with Gasteiger partial charge in [-0.2, -0.15) is 13.2 Å². The van der Waals surface area contributed by atoms with Crippen molar-refractivity contribution in [3.63, 3.8) is 0 Å². The molecule has 4 aliphatic carbocycles. The summed E-state index contributed by atoms with van der Waals surface area (Å²) in [6.45, 7) is 2.83. The van der Waals surface area contributed by atoms with Gasteiger partial charge in [0.15, 0.2) is 6.61 Å². The van der Waals surface area contributed by atoms with Crippen LogP contribution in [0.15, 0.2) is 18.3 Å². The van der Waals surface area contributed by atoms with Gasteiger partial charge in [0.05, 0.1) is 11.5 Å². The Bertz CT molecular complexity index is 906. The van der Waals surface area contributed by atoms with Crippen LogP contribution < -0.4 is 10.2 Å². The van der Waals surface area contributed by atoms with Gasteiger partial charge in [0.25, 0.3) is 5.91 Å². The highest BCUT2D eigenvalue weighted by Gasteiger charge is 2.53. The number of ether oxygens (including phenoxy) is 1. The number of aromatic nitrogens is 1. The molecule has 1 unspecified atom stereocenters. The number of nitrogens with zero attached hydrogens (tertiary/aromatic N) is 2. The number of amides is 1. The number of rotatable bonds is 6. The zero-order valence-corrected chi connectivity index (χ0v) is 20.2. The summed E-state index contributed by atoms with van der Waals surface area (Å²) in [5, 5.41) is 3.13. The highest BCUT2D eigenvalue weighted by Crippen LogP contribution is 2.61. The SMILES string of the molecule is CC(NC(=O)COC(=O)C1CCN(c2ccc(C(F)(F)F)cn2)CC1)C12CC3CC(CC(C3)C1)C2. The van der Waals surface area contributed by atoms with Crippen LogP contribution in [0, 0.1) is 29.1 Å². The average molecular weight is 494 g/mol. The van der Waals surface area contributed by atoms with Crippen LogP contribution in [0.5, 0.6) is 0 Å². The van der Waals surface area contributed by atoms with Crippen molar-refractivity contribution in [1.82, 2.24) is 10.3 Å². The quantitative estimate of drug-likeness (QED) is 0.588. The van der Waals surface area contributed by atoms with Gasteiger partial charge < -0.3 is 15.0 Å². The lowest BCUT2D eigenvalue weighted by Gasteiger charge is -2.59. The third kappa shape index (κ3) is 5.14. The topological polar surface area (TPSA) is 71.5 Å². The second-order valence-corrected chi connectivity index (χ2v) is 11.3. The molecule has 1 amide bonds. The highest BCUT2D eigenvalue weighted by molar-refractivity contribution is 5.81. The molecule has 1 aliphatic heterocycles. The number of hydrogen-bond donors (Lipinski definition) is 1. The first-order chi connectivity index (χ1) is 16.6. The van der Waals surface area contributed by atoms with Gasteiger partial charge in [-0.3, -0.25) is 9.59 Å². The first-order valence-corrected chi connectivity index (χ1v) is 12.9. The number of carbonyl (C=O) groups is 2. The van der Waals surface area contributed by atoms with E-state index in [0.29, 0.717) is 31.7 Å². The number of piperidine rings is 1. The van der Waals surface area contributed by atoms with Crippen molar-refractivity contribution in [2.75, 3.05) is 24.6 Å². The van der Waals surface area contributed by atoms with Crippen molar-refractivity contribution in [3.8, 4) is 0 Å². The Morgan fingerprint density at radius 2 is 1.71 bits per heavy atom. The molecule has 5 aliphatic rings. The Kier molecular flexibility index (Phi) is 6.46. The minimum absolute atomic E-state index is 0.0848. The van der Waals surface area contributed by atoms with Crippen LogP contribution >= 0.6 is 0 Å². The molecule has 0 aromatic carbocycles. The van der Waals surface area contributed by atoms with E-state index in [9.17, 15) is 22.8 Å². The Labute approximate surface area is 204 Å². The molecule has 9 heteroatoms. The molecule has 4 bridgehead atoms. The molecule has 2 heterocycles. The van der Waals surface area contributed by atoms with Crippen molar-refractivity contribution in [2.45, 2.75) is 70.5 Å². The van der Waals surface area contributed by atoms with Crippen LogP contribution in [0.2, 0.25) is 0 Å². The van der Waals surface area contributed by atoms with Crippen molar-refractivity contribution in [2.24, 2.45) is 29.1 Å². The van der Waals surface area contributed by atoms with Crippen molar-refractivity contribution < 1.29 is 27.5 Å². The minimum atomic E-state index is -4.42. The van der Waals surface area contributed by atoms with E-state index < -0.39 is 11.7 Å². The maximum absolute atomic E-state index is 12.7. The zero-order valence-electron chi connectivity index (χ0n) is 20.2. The Morgan fingerprint density at radius 3 is 2.23 bits per heavy atom. The maximum Gasteiger partial charge on any atom is 0.417 e. The molecule has 4 saturated carbocycles. The average Bonchev–Trinajstić information content (AvgIpc) is 2.81. The van der Waals surface area contributed by atoms with Crippen LogP contribution in [0.4, 0.5) is 19.0 Å². The largest absolute Gasteiger partial charge is 0.455 e. The number of nitrogens with one attached hydrogen (secondary N) is 1. The predicted molar refractivity (Wildman–Crippen MR) is 123 cm³/mol. The van der Waals surface area contributed by atoms with Gasteiger partial charge in [0, 0.05) is 25.3 Å². The molecule has 1 saturated heterocycles. The van der Waals surface area contributed by atoms with Gasteiger partial charge in [0.1, 0.15) is 5.82 Å². The number of esters is 1. The summed E-state index contributed by atoms with van der Waals surface area (Å²) in [5.74, 6) is 1.93. The highest BCUT2D eigenvalue weighted by atomic mass is 19.4. The van der Waals surface area contributed by atoms with Crippen LogP contribution in [-0.4, -0.2) is 42.6 Å². The van der Waals surface area contributed by atoms with Gasteiger partial charge in [0.2, 0.25) is 0 Å². The number of halogens is 3. The number of hydrogen-bond acceptors (Lipinski definition) is 5. The molecule has 1 atom stereocenters. The Hall–Kier alpha value is -2.32. The fourth-order valence-corrected chi connectivity index (χ4v) is 7.48. The molecule has 192 valence electrons. The molecule has 1 aromatic rings. The number of carbonyl (C=O) groups excluding carboxylic acids is 2. The molecule has 6 nitrogen and oxygen atoms in total. The first kappa shape index (κ1) is 24.4. The van der Waals surface area contributed by atoms with E-state index >= 15 is 0 Å². The lowest BCUT2D eigenvalue weighted by molar-refractivity contribution is -0.154. The number of pyridine rings is 1. The van der Waals surface area contributed by atoms with E-state index in [1.54, 1.807) is 0 Å². The van der Waals surface area contributed by atoms with Crippen LogP contribution in [0.3, 0.4) is 0 Å². The first-order valence-electron chi connectivity index (χ1n) is 12.9. The van der Waals surface area contributed by atoms with Gasteiger partial charge in [-0.1, -0.05) is 0 Å². The molecule has 0 radical (unpaired) electrons. The third-order valence-electron chi connectivity index (χ3n) is 8.95. The Balaban J connectivity index is 1.06. The van der Waals surface area contributed by atoms with E-state index in [-0.39, 0.29) is 35.9 Å². The lowest BCUT2D eigenvalue weighted by atomic mass is 9.48. The maximum atomic E-state index is 12.7. The van der Waals surface area contributed by atoms with Gasteiger partial charge >= 0.3 is 12.1 Å². The van der Waals surface area contributed by atoms with Gasteiger partial charge in [-0.25, -0.2) is 4.98 Å². The summed E-state index contributed by atoms with van der Waals surface area (Å²) in [5.41, 5.74) is -0.580. The monoisotopic (exact) mass is 493 g/mol. The normalized spacial score (nSPS) is 31.3. The molecule has 35 heavy (non-hydrogen) atoms. The third-order valence-corrected chi connectivity index (χ3v) is 8.95. The summed E-state index contributed by atoms with van der Waals surface area (Å²) in [6, 6.07) is 2.46. The van der Waals surface area contributed by atoms with Gasteiger partial charge in [-0.05, 0) is 93.6 Å². The van der Waals surface area contributed by atoms with E-state index in [1.165, 1.54) is 44.6 Å². The van der Waals surface area contributed by atoms with Crippen molar-refractivity contribution in [1.29, 1.82) is 0 Å². The smallest absolute Gasteiger partial charge is 0.417 e. The Morgan fingerprint density at radius 1 is 1.11 bits per heavy atom. The van der Waals surface area contributed by atoms with E-state index in [4.69, 9.17) is 4.74 Å². The van der Waals surface area contributed by atoms with E-state index in [0.717, 1.165) is 30.0 Å². The number of alkyl halides is 3. The summed E-state index contributed by atoms with van der Waals surface area (Å²) in [6.07, 6.45) is 5.09. The molecule has 5 fully saturated rings. The summed E-state index contributed by atoms with van der Waals surface area (Å²) < 4.78 is 43.6. The second kappa shape index (κ2) is 9.28. The molecular formula is C26H34F3N3O3. The predicted octanol–water partition coefficient (Wildman–Crippen LogP) is 4.58. The second-order valence-electron chi connectivity index (χ2n) is 11.3. The molecule has 1 N–H and O–H groups in total. The zero-order chi connectivity index (χ0) is 24.8. The fourth-order valence-electron chi connectivity index (χ4n) is 7.48. The summed E-state index contributed by atoms with van der Waals surface area (Å²) >= 11 is 0. The van der Waals surface area contributed by atoms with Crippen molar-refractivity contribution in [3.05, 3.63) is 23.9 Å². The van der Waals surface area contributed by atoms with E-state index in [2.05, 4.69) is 17.2 Å². The molecule has 0 spiro atoms. The van der Waals surface area contributed by atoms with Gasteiger partial charge in [-0.15, -0.1) is 0 Å².